The van der Waals surface area contributed by atoms with Crippen LogP contribution in [-0.2, 0) is 32.1 Å². The number of nitrogens with one attached hydrogen (secondary N) is 1. The Morgan fingerprint density at radius 2 is 1.41 bits per heavy atom. The van der Waals surface area contributed by atoms with Crippen molar-refractivity contribution >= 4 is 17.8 Å². The van der Waals surface area contributed by atoms with E-state index in [2.05, 4.69) is 5.32 Å². The van der Waals surface area contributed by atoms with Crippen molar-refractivity contribution in [1.82, 2.24) is 10.2 Å². The molecule has 172 valence electrons. The molecule has 3 aromatic rings. The first-order valence-corrected chi connectivity index (χ1v) is 11.4. The van der Waals surface area contributed by atoms with Crippen LogP contribution in [0.4, 0.5) is 0 Å². The van der Waals surface area contributed by atoms with Gasteiger partial charge in [-0.15, -0.1) is 0 Å². The molecule has 0 saturated carbocycles. The smallest absolute Gasteiger partial charge is 0.327 e. The fourth-order valence-electron chi connectivity index (χ4n) is 5.45. The Balaban J connectivity index is 1.61. The molecular weight excluding hydrogens is 428 g/mol. The third-order valence-corrected chi connectivity index (χ3v) is 6.96. The summed E-state index contributed by atoms with van der Waals surface area (Å²) in [4.78, 5) is 42.3. The number of hydrogen-bond donors (Lipinski definition) is 1. The van der Waals surface area contributed by atoms with E-state index in [4.69, 9.17) is 4.74 Å². The highest BCUT2D eigenvalue weighted by Crippen LogP contribution is 2.50. The van der Waals surface area contributed by atoms with Crippen LogP contribution in [0.3, 0.4) is 0 Å². The monoisotopic (exact) mass is 454 g/mol. The first-order valence-electron chi connectivity index (χ1n) is 11.4. The molecule has 0 aliphatic carbocycles. The predicted molar refractivity (Wildman–Crippen MR) is 126 cm³/mol. The molecule has 5 rings (SSSR count). The van der Waals surface area contributed by atoms with Crippen LogP contribution in [0.15, 0.2) is 91.0 Å². The van der Waals surface area contributed by atoms with Crippen molar-refractivity contribution in [3.05, 3.63) is 108 Å². The van der Waals surface area contributed by atoms with Crippen molar-refractivity contribution in [3.8, 4) is 0 Å². The lowest BCUT2D eigenvalue weighted by Crippen LogP contribution is -2.57. The number of benzene rings is 3. The normalized spacial score (nSPS) is 25.9. The summed E-state index contributed by atoms with van der Waals surface area (Å²) in [5, 5.41) is 3.42. The summed E-state index contributed by atoms with van der Waals surface area (Å²) >= 11 is 0. The van der Waals surface area contributed by atoms with E-state index in [1.165, 1.54) is 12.0 Å². The van der Waals surface area contributed by atoms with Gasteiger partial charge in [-0.05, 0) is 16.7 Å². The number of hydrogen-bond acceptors (Lipinski definition) is 5. The van der Waals surface area contributed by atoms with Gasteiger partial charge in [0.05, 0.1) is 25.5 Å². The zero-order chi connectivity index (χ0) is 23.7. The number of carbonyl (C=O) groups excluding carboxylic acids is 3. The van der Waals surface area contributed by atoms with E-state index in [-0.39, 0.29) is 24.8 Å². The maximum absolute atomic E-state index is 13.9. The summed E-state index contributed by atoms with van der Waals surface area (Å²) in [6.07, 6.45) is 0.239. The Morgan fingerprint density at radius 1 is 0.853 bits per heavy atom. The Labute approximate surface area is 198 Å². The van der Waals surface area contributed by atoms with Gasteiger partial charge < -0.3 is 4.74 Å². The zero-order valence-electron chi connectivity index (χ0n) is 18.9. The highest BCUT2D eigenvalue weighted by atomic mass is 16.5. The molecule has 1 N–H and O–H groups in total. The number of imide groups is 1. The molecule has 4 atom stereocenters. The number of ether oxygens (including phenoxy) is 1. The van der Waals surface area contributed by atoms with Gasteiger partial charge in [-0.2, -0.15) is 0 Å². The molecule has 0 aromatic heterocycles. The number of esters is 1. The molecule has 2 aliphatic rings. The van der Waals surface area contributed by atoms with Crippen LogP contribution in [0.1, 0.15) is 22.7 Å². The van der Waals surface area contributed by atoms with Crippen molar-refractivity contribution in [3.63, 3.8) is 0 Å². The van der Waals surface area contributed by atoms with Crippen molar-refractivity contribution in [2.45, 2.75) is 24.5 Å². The molecule has 34 heavy (non-hydrogen) atoms. The van der Waals surface area contributed by atoms with E-state index >= 15 is 0 Å². The lowest BCUT2D eigenvalue weighted by molar-refractivity contribution is -0.154. The van der Waals surface area contributed by atoms with Gasteiger partial charge in [-0.3, -0.25) is 24.6 Å². The fraction of sp³-hybridized carbons (Fsp3) is 0.250. The quantitative estimate of drug-likeness (QED) is 0.457. The van der Waals surface area contributed by atoms with Crippen LogP contribution >= 0.6 is 0 Å². The number of carbonyl (C=O) groups is 3. The van der Waals surface area contributed by atoms with Crippen LogP contribution in [0.5, 0.6) is 0 Å². The van der Waals surface area contributed by atoms with Crippen molar-refractivity contribution < 1.29 is 19.1 Å². The Morgan fingerprint density at radius 3 is 2.00 bits per heavy atom. The highest BCUT2D eigenvalue weighted by molar-refractivity contribution is 6.09. The number of fused-ring (bicyclic) bond motifs is 1. The second-order valence-electron chi connectivity index (χ2n) is 8.91. The Kier molecular flexibility index (Phi) is 5.75. The first kappa shape index (κ1) is 22.0. The Hall–Kier alpha value is -3.77. The van der Waals surface area contributed by atoms with Crippen LogP contribution in [-0.4, -0.2) is 35.3 Å². The van der Waals surface area contributed by atoms with E-state index in [0.717, 1.165) is 16.7 Å². The van der Waals surface area contributed by atoms with E-state index in [9.17, 15) is 14.4 Å². The second kappa shape index (κ2) is 8.88. The van der Waals surface area contributed by atoms with E-state index in [0.29, 0.717) is 0 Å². The van der Waals surface area contributed by atoms with Crippen molar-refractivity contribution in [2.24, 2.45) is 11.8 Å². The number of rotatable bonds is 6. The van der Waals surface area contributed by atoms with Gasteiger partial charge in [-0.1, -0.05) is 91.0 Å². The molecule has 2 heterocycles. The molecule has 6 nitrogen and oxygen atoms in total. The molecule has 2 amide bonds. The average Bonchev–Trinajstić information content (AvgIpc) is 3.35. The molecule has 0 bridgehead atoms. The number of likely N-dealkylation sites (tertiary alicyclic amines) is 1. The summed E-state index contributed by atoms with van der Waals surface area (Å²) in [6, 6.07) is 28.0. The minimum Gasteiger partial charge on any atom is -0.468 e. The summed E-state index contributed by atoms with van der Waals surface area (Å²) in [6.45, 7) is 0.176. The largest absolute Gasteiger partial charge is 0.468 e. The average molecular weight is 455 g/mol. The number of amides is 2. The minimum absolute atomic E-state index is 0.176. The second-order valence-corrected chi connectivity index (χ2v) is 8.91. The summed E-state index contributed by atoms with van der Waals surface area (Å²) in [5.41, 5.74) is 1.24. The maximum Gasteiger partial charge on any atom is 0.327 e. The fourth-order valence-corrected chi connectivity index (χ4v) is 5.45. The van der Waals surface area contributed by atoms with Crippen LogP contribution in [0.25, 0.3) is 0 Å². The molecule has 2 fully saturated rings. The van der Waals surface area contributed by atoms with Crippen LogP contribution < -0.4 is 5.32 Å². The van der Waals surface area contributed by atoms with Gasteiger partial charge >= 0.3 is 5.97 Å². The molecule has 0 spiro atoms. The molecular formula is C28H26N2O4. The molecule has 2 saturated heterocycles. The third kappa shape index (κ3) is 3.60. The number of methoxy groups -OCH3 is 1. The molecule has 3 aromatic carbocycles. The van der Waals surface area contributed by atoms with E-state index in [1.807, 2.05) is 91.0 Å². The van der Waals surface area contributed by atoms with Gasteiger partial charge in [0.15, 0.2) is 0 Å². The summed E-state index contributed by atoms with van der Waals surface area (Å²) < 4.78 is 5.26. The molecule has 0 radical (unpaired) electrons. The van der Waals surface area contributed by atoms with E-state index in [1.54, 1.807) is 0 Å². The van der Waals surface area contributed by atoms with Crippen molar-refractivity contribution in [2.75, 3.05) is 7.11 Å². The summed E-state index contributed by atoms with van der Waals surface area (Å²) in [5.74, 6) is -2.72. The van der Waals surface area contributed by atoms with Crippen LogP contribution in [0, 0.1) is 11.8 Å². The predicted octanol–water partition coefficient (Wildman–Crippen LogP) is 3.29. The highest BCUT2D eigenvalue weighted by Gasteiger charge is 2.68. The standard InChI is InChI=1S/C28H26N2O4/c1-34-27(33)28(17-19-11-5-2-6-12-19)23-22(24(29-28)21-15-9-4-10-16-21)25(31)30(26(23)32)18-20-13-7-3-8-14-20/h2-16,22-24,29H,17-18H2,1H3/t22-,23+,24-,28-/m0/s1. The van der Waals surface area contributed by atoms with E-state index < -0.39 is 29.4 Å². The SMILES string of the molecule is COC(=O)[C@@]1(Cc2ccccc2)N[C@@H](c2ccccc2)[C@H]2C(=O)N(Cc3ccccc3)C(=O)[C@@H]21. The van der Waals surface area contributed by atoms with Gasteiger partial charge in [0.25, 0.3) is 0 Å². The summed E-state index contributed by atoms with van der Waals surface area (Å²) in [7, 11) is 1.32. The van der Waals surface area contributed by atoms with Crippen LogP contribution in [0.2, 0.25) is 0 Å². The molecule has 2 aliphatic heterocycles. The van der Waals surface area contributed by atoms with Gasteiger partial charge in [0, 0.05) is 12.5 Å². The van der Waals surface area contributed by atoms with Gasteiger partial charge in [-0.25, -0.2) is 0 Å². The first-order chi connectivity index (χ1) is 16.5. The third-order valence-electron chi connectivity index (χ3n) is 6.96. The topological polar surface area (TPSA) is 75.7 Å². The lowest BCUT2D eigenvalue weighted by Gasteiger charge is -2.32. The maximum atomic E-state index is 13.9. The van der Waals surface area contributed by atoms with Gasteiger partial charge in [0.1, 0.15) is 5.54 Å². The molecule has 0 unspecified atom stereocenters. The number of nitrogens with zero attached hydrogens (tertiary/aromatic N) is 1. The lowest BCUT2D eigenvalue weighted by atomic mass is 9.76. The van der Waals surface area contributed by atoms with Gasteiger partial charge in [0.2, 0.25) is 11.8 Å². The van der Waals surface area contributed by atoms with Crippen molar-refractivity contribution in [1.29, 1.82) is 0 Å². The molecule has 6 heteroatoms. The minimum atomic E-state index is -1.36. The zero-order valence-corrected chi connectivity index (χ0v) is 18.9. The Bertz CT molecular complexity index is 1200.